The van der Waals surface area contributed by atoms with Gasteiger partial charge in [0.15, 0.2) is 0 Å². The van der Waals surface area contributed by atoms with E-state index in [9.17, 15) is 4.79 Å². The Morgan fingerprint density at radius 3 is 3.09 bits per heavy atom. The maximum Gasteiger partial charge on any atom is 0.226 e. The highest BCUT2D eigenvalue weighted by molar-refractivity contribution is 7.07. The van der Waals surface area contributed by atoms with E-state index in [2.05, 4.69) is 46.4 Å². The number of thiazole rings is 1. The monoisotopic (exact) mass is 329 g/mol. The van der Waals surface area contributed by atoms with Crippen LogP contribution >= 0.6 is 11.3 Å². The topological polar surface area (TPSA) is 45.2 Å². The van der Waals surface area contributed by atoms with E-state index >= 15 is 0 Å². The zero-order valence-corrected chi connectivity index (χ0v) is 14.3. The number of nitrogens with one attached hydrogen (secondary N) is 1. The Hall–Kier alpha value is -1.72. The SMILES string of the molecule is Cc1ccccc1CN1CC[C@H](CNC(=O)Cc2cscn2)C1. The first-order valence-corrected chi connectivity index (χ1v) is 9.05. The van der Waals surface area contributed by atoms with E-state index in [4.69, 9.17) is 0 Å². The Balaban J connectivity index is 1.41. The van der Waals surface area contributed by atoms with Crippen LogP contribution in [0.4, 0.5) is 0 Å². The standard InChI is InChI=1S/C18H23N3OS/c1-14-4-2-3-5-16(14)11-21-7-6-15(10-21)9-19-18(22)8-17-12-23-13-20-17/h2-5,12-13,15H,6-11H2,1H3,(H,19,22)/t15-/m1/s1. The van der Waals surface area contributed by atoms with Crippen LogP contribution in [0, 0.1) is 12.8 Å². The highest BCUT2D eigenvalue weighted by Crippen LogP contribution is 2.19. The molecular weight excluding hydrogens is 306 g/mol. The molecule has 1 atom stereocenters. The second-order valence-corrected chi connectivity index (χ2v) is 7.00. The molecule has 1 aromatic carbocycles. The average Bonchev–Trinajstić information content (AvgIpc) is 3.19. The Labute approximate surface area is 141 Å². The number of aromatic nitrogens is 1. The van der Waals surface area contributed by atoms with Crippen LogP contribution in [0.1, 0.15) is 23.2 Å². The molecule has 1 aromatic heterocycles. The van der Waals surface area contributed by atoms with Crippen molar-refractivity contribution < 1.29 is 4.79 Å². The number of carbonyl (C=O) groups excluding carboxylic acids is 1. The van der Waals surface area contributed by atoms with Crippen molar-refractivity contribution >= 4 is 17.2 Å². The average molecular weight is 329 g/mol. The Kier molecular flexibility index (Phi) is 5.41. The number of benzene rings is 1. The molecule has 3 rings (SSSR count). The quantitative estimate of drug-likeness (QED) is 0.886. The fraction of sp³-hybridized carbons (Fsp3) is 0.444. The number of likely N-dealkylation sites (tertiary alicyclic amines) is 1. The van der Waals surface area contributed by atoms with Gasteiger partial charge in [-0.1, -0.05) is 24.3 Å². The number of rotatable bonds is 6. The predicted octanol–water partition coefficient (Wildman–Crippen LogP) is 2.63. The molecule has 0 radical (unpaired) electrons. The van der Waals surface area contributed by atoms with E-state index in [0.717, 1.165) is 38.3 Å². The number of amides is 1. The minimum absolute atomic E-state index is 0.0771. The van der Waals surface area contributed by atoms with Crippen molar-refractivity contribution in [1.82, 2.24) is 15.2 Å². The fourth-order valence-corrected chi connectivity index (χ4v) is 3.62. The second kappa shape index (κ2) is 7.70. The lowest BCUT2D eigenvalue weighted by Crippen LogP contribution is -2.32. The van der Waals surface area contributed by atoms with E-state index in [1.54, 1.807) is 5.51 Å². The summed E-state index contributed by atoms with van der Waals surface area (Å²) in [7, 11) is 0. The molecule has 0 spiro atoms. The molecule has 0 aliphatic carbocycles. The zero-order valence-electron chi connectivity index (χ0n) is 13.5. The molecule has 1 saturated heterocycles. The van der Waals surface area contributed by atoms with Crippen molar-refractivity contribution in [2.75, 3.05) is 19.6 Å². The number of hydrogen-bond acceptors (Lipinski definition) is 4. The van der Waals surface area contributed by atoms with Crippen molar-refractivity contribution in [3.8, 4) is 0 Å². The Bertz CT molecular complexity index is 641. The first kappa shape index (κ1) is 16.1. The minimum atomic E-state index is 0.0771. The van der Waals surface area contributed by atoms with Crippen molar-refractivity contribution in [3.63, 3.8) is 0 Å². The molecule has 0 bridgehead atoms. The first-order chi connectivity index (χ1) is 11.2. The molecule has 1 N–H and O–H groups in total. The predicted molar refractivity (Wildman–Crippen MR) is 93.4 cm³/mol. The summed E-state index contributed by atoms with van der Waals surface area (Å²) in [4.78, 5) is 18.6. The highest BCUT2D eigenvalue weighted by atomic mass is 32.1. The van der Waals surface area contributed by atoms with E-state index in [-0.39, 0.29) is 5.91 Å². The third-order valence-electron chi connectivity index (χ3n) is 4.44. The first-order valence-electron chi connectivity index (χ1n) is 8.11. The highest BCUT2D eigenvalue weighted by Gasteiger charge is 2.23. The molecule has 23 heavy (non-hydrogen) atoms. The summed E-state index contributed by atoms with van der Waals surface area (Å²) in [5.74, 6) is 0.631. The summed E-state index contributed by atoms with van der Waals surface area (Å²) in [6, 6.07) is 8.57. The smallest absolute Gasteiger partial charge is 0.226 e. The summed E-state index contributed by atoms with van der Waals surface area (Å²) < 4.78 is 0. The van der Waals surface area contributed by atoms with Crippen molar-refractivity contribution in [1.29, 1.82) is 0 Å². The molecule has 5 heteroatoms. The van der Waals surface area contributed by atoms with Gasteiger partial charge in [-0.2, -0.15) is 0 Å². The second-order valence-electron chi connectivity index (χ2n) is 6.28. The Morgan fingerprint density at radius 2 is 2.30 bits per heavy atom. The number of nitrogens with zero attached hydrogens (tertiary/aromatic N) is 2. The molecule has 1 amide bonds. The molecule has 1 aliphatic heterocycles. The van der Waals surface area contributed by atoms with Crippen molar-refractivity contribution in [2.24, 2.45) is 5.92 Å². The van der Waals surface area contributed by atoms with Crippen LogP contribution in [0.25, 0.3) is 0 Å². The third-order valence-corrected chi connectivity index (χ3v) is 5.07. The lowest BCUT2D eigenvalue weighted by Gasteiger charge is -2.17. The van der Waals surface area contributed by atoms with Gasteiger partial charge < -0.3 is 5.32 Å². The van der Waals surface area contributed by atoms with Crippen LogP contribution in [-0.2, 0) is 17.8 Å². The molecular formula is C18H23N3OS. The molecule has 0 saturated carbocycles. The Morgan fingerprint density at radius 1 is 1.43 bits per heavy atom. The fourth-order valence-electron chi connectivity index (χ4n) is 3.06. The summed E-state index contributed by atoms with van der Waals surface area (Å²) in [5, 5.41) is 4.99. The van der Waals surface area contributed by atoms with E-state index in [1.807, 2.05) is 5.38 Å². The normalized spacial score (nSPS) is 18.2. The molecule has 122 valence electrons. The maximum absolute atomic E-state index is 11.9. The van der Waals surface area contributed by atoms with Crippen molar-refractivity contribution in [3.05, 3.63) is 52.0 Å². The van der Waals surface area contributed by atoms with Gasteiger partial charge in [-0.05, 0) is 36.9 Å². The summed E-state index contributed by atoms with van der Waals surface area (Å²) in [6.07, 6.45) is 1.55. The van der Waals surface area contributed by atoms with Crippen LogP contribution in [0.2, 0.25) is 0 Å². The van der Waals surface area contributed by atoms with Crippen molar-refractivity contribution in [2.45, 2.75) is 26.3 Å². The van der Waals surface area contributed by atoms with Crippen LogP contribution in [-0.4, -0.2) is 35.4 Å². The number of aryl methyl sites for hydroxylation is 1. The van der Waals surface area contributed by atoms with E-state index < -0.39 is 0 Å². The van der Waals surface area contributed by atoms with Gasteiger partial charge in [-0.15, -0.1) is 11.3 Å². The van der Waals surface area contributed by atoms with E-state index in [1.165, 1.54) is 22.5 Å². The van der Waals surface area contributed by atoms with Gasteiger partial charge in [0, 0.05) is 25.0 Å². The molecule has 1 fully saturated rings. The van der Waals surface area contributed by atoms with Gasteiger partial charge in [0.1, 0.15) is 0 Å². The third kappa shape index (κ3) is 4.62. The van der Waals surface area contributed by atoms with Gasteiger partial charge >= 0.3 is 0 Å². The van der Waals surface area contributed by atoms with Gasteiger partial charge in [0.2, 0.25) is 5.91 Å². The number of carbonyl (C=O) groups is 1. The van der Waals surface area contributed by atoms with Gasteiger partial charge in [0.05, 0.1) is 17.6 Å². The van der Waals surface area contributed by atoms with Gasteiger partial charge in [0.25, 0.3) is 0 Å². The maximum atomic E-state index is 11.9. The molecule has 1 aliphatic rings. The molecule has 2 heterocycles. The summed E-state index contributed by atoms with van der Waals surface area (Å²) in [6.45, 7) is 6.12. The van der Waals surface area contributed by atoms with Gasteiger partial charge in [-0.3, -0.25) is 9.69 Å². The molecule has 4 nitrogen and oxygen atoms in total. The van der Waals surface area contributed by atoms with Crippen LogP contribution in [0.15, 0.2) is 35.2 Å². The van der Waals surface area contributed by atoms with Crippen LogP contribution in [0.5, 0.6) is 0 Å². The molecule has 2 aromatic rings. The number of hydrogen-bond donors (Lipinski definition) is 1. The van der Waals surface area contributed by atoms with Crippen LogP contribution in [0.3, 0.4) is 0 Å². The minimum Gasteiger partial charge on any atom is -0.355 e. The largest absolute Gasteiger partial charge is 0.355 e. The summed E-state index contributed by atoms with van der Waals surface area (Å²) >= 11 is 1.53. The summed E-state index contributed by atoms with van der Waals surface area (Å²) in [5.41, 5.74) is 5.39. The lowest BCUT2D eigenvalue weighted by atomic mass is 10.1. The van der Waals surface area contributed by atoms with Gasteiger partial charge in [-0.25, -0.2) is 4.98 Å². The lowest BCUT2D eigenvalue weighted by molar-refractivity contribution is -0.120. The zero-order chi connectivity index (χ0) is 16.1. The van der Waals surface area contributed by atoms with Crippen LogP contribution < -0.4 is 5.32 Å². The molecule has 0 unspecified atom stereocenters. The van der Waals surface area contributed by atoms with E-state index in [0.29, 0.717) is 12.3 Å².